The number of rotatable bonds is 0. The van der Waals surface area contributed by atoms with Gasteiger partial charge in [-0.25, -0.2) is 0 Å². The standard InChI is InChI=1S/C9H8F3N3/c1-6(9(10,11)12)8-5-15-7(4-13-8)2-3-14-15/h2-4H,5H2,1H3. The molecule has 0 spiro atoms. The molecule has 2 heterocycles. The van der Waals surface area contributed by atoms with Crippen LogP contribution in [0.4, 0.5) is 13.2 Å². The smallest absolute Gasteiger partial charge is 0.258 e. The van der Waals surface area contributed by atoms with Crippen LogP contribution in [0.15, 0.2) is 28.5 Å². The van der Waals surface area contributed by atoms with E-state index in [1.807, 2.05) is 0 Å². The summed E-state index contributed by atoms with van der Waals surface area (Å²) in [5.74, 6) is 0. The number of fused-ring (bicyclic) bond motifs is 1. The van der Waals surface area contributed by atoms with Crippen molar-refractivity contribution in [2.24, 2.45) is 4.99 Å². The van der Waals surface area contributed by atoms with E-state index in [1.165, 1.54) is 17.1 Å². The number of hydrogen-bond donors (Lipinski definition) is 0. The van der Waals surface area contributed by atoms with Gasteiger partial charge in [-0.3, -0.25) is 9.67 Å². The van der Waals surface area contributed by atoms with Crippen LogP contribution in [0.25, 0.3) is 0 Å². The highest BCUT2D eigenvalue weighted by molar-refractivity contribution is 5.79. The van der Waals surface area contributed by atoms with Crippen LogP contribution in [-0.2, 0) is 6.54 Å². The fourth-order valence-corrected chi connectivity index (χ4v) is 1.29. The molecule has 0 aromatic carbocycles. The third-order valence-electron chi connectivity index (χ3n) is 2.26. The van der Waals surface area contributed by atoms with Gasteiger partial charge in [0.05, 0.1) is 29.7 Å². The summed E-state index contributed by atoms with van der Waals surface area (Å²) < 4.78 is 38.6. The van der Waals surface area contributed by atoms with Crippen molar-refractivity contribution in [1.29, 1.82) is 0 Å². The number of nitrogens with zero attached hydrogens (tertiary/aromatic N) is 3. The predicted octanol–water partition coefficient (Wildman–Crippen LogP) is 2.15. The Morgan fingerprint density at radius 3 is 2.87 bits per heavy atom. The summed E-state index contributed by atoms with van der Waals surface area (Å²) in [5, 5.41) is 3.90. The molecular weight excluding hydrogens is 207 g/mol. The molecule has 0 saturated carbocycles. The Kier molecular flexibility index (Phi) is 2.13. The summed E-state index contributed by atoms with van der Waals surface area (Å²) in [5.41, 5.74) is 0.0623. The maximum Gasteiger partial charge on any atom is 0.414 e. The molecule has 3 nitrogen and oxygen atoms in total. The molecule has 80 valence electrons. The van der Waals surface area contributed by atoms with E-state index in [0.717, 1.165) is 6.92 Å². The van der Waals surface area contributed by atoms with E-state index in [9.17, 15) is 13.2 Å². The van der Waals surface area contributed by atoms with Gasteiger partial charge in [-0.1, -0.05) is 0 Å². The van der Waals surface area contributed by atoms with E-state index in [4.69, 9.17) is 0 Å². The Labute approximate surface area is 83.9 Å². The molecule has 0 saturated heterocycles. The lowest BCUT2D eigenvalue weighted by Crippen LogP contribution is -2.17. The Bertz CT molecular complexity index is 440. The molecular formula is C9H8F3N3. The van der Waals surface area contributed by atoms with Gasteiger partial charge in [-0.15, -0.1) is 0 Å². The Morgan fingerprint density at radius 1 is 1.47 bits per heavy atom. The number of aromatic nitrogens is 2. The van der Waals surface area contributed by atoms with Crippen LogP contribution in [0.3, 0.4) is 0 Å². The van der Waals surface area contributed by atoms with E-state index in [2.05, 4.69) is 10.1 Å². The zero-order chi connectivity index (χ0) is 11.1. The van der Waals surface area contributed by atoms with Crippen molar-refractivity contribution in [3.8, 4) is 0 Å². The molecule has 0 N–H and O–H groups in total. The van der Waals surface area contributed by atoms with Gasteiger partial charge in [0.15, 0.2) is 0 Å². The first-order chi connectivity index (χ1) is 6.98. The Morgan fingerprint density at radius 2 is 2.20 bits per heavy atom. The second-order valence-electron chi connectivity index (χ2n) is 3.24. The number of alkyl halides is 3. The first-order valence-corrected chi connectivity index (χ1v) is 4.31. The highest BCUT2D eigenvalue weighted by Gasteiger charge is 2.33. The third-order valence-corrected chi connectivity index (χ3v) is 2.26. The zero-order valence-corrected chi connectivity index (χ0v) is 7.91. The van der Waals surface area contributed by atoms with E-state index < -0.39 is 11.7 Å². The van der Waals surface area contributed by atoms with Crippen LogP contribution in [-0.4, -0.2) is 22.2 Å². The van der Waals surface area contributed by atoms with Crippen molar-refractivity contribution in [2.45, 2.75) is 19.6 Å². The number of hydrogen-bond acceptors (Lipinski definition) is 2. The van der Waals surface area contributed by atoms with Crippen molar-refractivity contribution >= 4 is 6.21 Å². The van der Waals surface area contributed by atoms with Crippen LogP contribution in [0, 0.1) is 0 Å². The number of aliphatic imine (C=N–C) groups is 1. The molecule has 0 aliphatic carbocycles. The molecule has 0 unspecified atom stereocenters. The monoisotopic (exact) mass is 215 g/mol. The van der Waals surface area contributed by atoms with Crippen molar-refractivity contribution in [1.82, 2.24) is 9.78 Å². The van der Waals surface area contributed by atoms with Crippen LogP contribution < -0.4 is 0 Å². The number of halogens is 3. The van der Waals surface area contributed by atoms with Crippen LogP contribution in [0.1, 0.15) is 12.6 Å². The van der Waals surface area contributed by atoms with Crippen molar-refractivity contribution in [3.63, 3.8) is 0 Å². The highest BCUT2D eigenvalue weighted by Crippen LogP contribution is 2.29. The molecule has 2 rings (SSSR count). The van der Waals surface area contributed by atoms with E-state index in [1.54, 1.807) is 6.07 Å². The number of allylic oxidation sites excluding steroid dienone is 2. The second-order valence-corrected chi connectivity index (χ2v) is 3.24. The summed E-state index contributed by atoms with van der Waals surface area (Å²) in [6.45, 7) is 1.10. The Balaban J connectivity index is 2.38. The molecule has 15 heavy (non-hydrogen) atoms. The molecule has 0 bridgehead atoms. The summed E-state index contributed by atoms with van der Waals surface area (Å²) in [4.78, 5) is 3.78. The molecule has 6 heteroatoms. The SMILES string of the molecule is CC(=C1Cn2nccc2C=N1)C(F)(F)F. The molecule has 1 aliphatic rings. The van der Waals surface area contributed by atoms with Crippen molar-refractivity contribution in [2.75, 3.05) is 0 Å². The topological polar surface area (TPSA) is 30.2 Å². The summed E-state index contributed by atoms with van der Waals surface area (Å²) in [7, 11) is 0. The minimum absolute atomic E-state index is 0.0127. The minimum atomic E-state index is -4.32. The quantitative estimate of drug-likeness (QED) is 0.652. The van der Waals surface area contributed by atoms with Gasteiger partial charge >= 0.3 is 6.18 Å². The average molecular weight is 215 g/mol. The first-order valence-electron chi connectivity index (χ1n) is 4.31. The molecule has 1 aromatic heterocycles. The average Bonchev–Trinajstić information content (AvgIpc) is 2.61. The maximum absolute atomic E-state index is 12.4. The molecule has 1 aliphatic heterocycles. The molecule has 1 aromatic rings. The predicted molar refractivity (Wildman–Crippen MR) is 48.6 cm³/mol. The normalized spacial score (nSPS) is 18.9. The Hall–Kier alpha value is -1.59. The fourth-order valence-electron chi connectivity index (χ4n) is 1.29. The van der Waals surface area contributed by atoms with E-state index in [-0.39, 0.29) is 12.2 Å². The summed E-state index contributed by atoms with van der Waals surface area (Å²) in [6, 6.07) is 1.70. The lowest BCUT2D eigenvalue weighted by Gasteiger charge is -2.15. The largest absolute Gasteiger partial charge is 0.414 e. The first kappa shape index (κ1) is 9.95. The molecule has 0 radical (unpaired) electrons. The van der Waals surface area contributed by atoms with Crippen LogP contribution in [0.2, 0.25) is 0 Å². The van der Waals surface area contributed by atoms with Gasteiger partial charge in [-0.05, 0) is 13.0 Å². The van der Waals surface area contributed by atoms with E-state index in [0.29, 0.717) is 5.69 Å². The highest BCUT2D eigenvalue weighted by atomic mass is 19.4. The third kappa shape index (κ3) is 1.79. The van der Waals surface area contributed by atoms with Crippen molar-refractivity contribution in [3.05, 3.63) is 29.2 Å². The zero-order valence-electron chi connectivity index (χ0n) is 7.91. The summed E-state index contributed by atoms with van der Waals surface area (Å²) >= 11 is 0. The molecule has 0 amide bonds. The minimum Gasteiger partial charge on any atom is -0.258 e. The van der Waals surface area contributed by atoms with Gasteiger partial charge in [-0.2, -0.15) is 18.3 Å². The van der Waals surface area contributed by atoms with Gasteiger partial charge in [0.1, 0.15) is 0 Å². The van der Waals surface area contributed by atoms with Crippen LogP contribution in [0.5, 0.6) is 0 Å². The fraction of sp³-hybridized carbons (Fsp3) is 0.333. The van der Waals surface area contributed by atoms with E-state index >= 15 is 0 Å². The molecule has 0 atom stereocenters. The van der Waals surface area contributed by atoms with Gasteiger partial charge in [0, 0.05) is 6.20 Å². The summed E-state index contributed by atoms with van der Waals surface area (Å²) in [6.07, 6.45) is -1.40. The lowest BCUT2D eigenvalue weighted by atomic mass is 10.2. The van der Waals surface area contributed by atoms with Crippen molar-refractivity contribution < 1.29 is 13.2 Å². The lowest BCUT2D eigenvalue weighted by molar-refractivity contribution is -0.0924. The second kappa shape index (κ2) is 3.22. The molecule has 0 fully saturated rings. The maximum atomic E-state index is 12.4. The van der Waals surface area contributed by atoms with Gasteiger partial charge in [0.25, 0.3) is 0 Å². The van der Waals surface area contributed by atoms with Gasteiger partial charge < -0.3 is 0 Å². The van der Waals surface area contributed by atoms with Gasteiger partial charge in [0.2, 0.25) is 0 Å². The van der Waals surface area contributed by atoms with Crippen LogP contribution >= 0.6 is 0 Å².